The Kier molecular flexibility index (Phi) is 4.91. The van der Waals surface area contributed by atoms with Crippen LogP contribution in [0.2, 0.25) is 5.02 Å². The lowest BCUT2D eigenvalue weighted by molar-refractivity contribution is -0.141. The summed E-state index contributed by atoms with van der Waals surface area (Å²) in [6, 6.07) is 10.9. The average Bonchev–Trinajstić information content (AvgIpc) is 3.25. The van der Waals surface area contributed by atoms with E-state index < -0.39 is 23.0 Å². The van der Waals surface area contributed by atoms with Gasteiger partial charge in [0.05, 0.1) is 21.5 Å². The number of phenols is 1. The first-order chi connectivity index (χ1) is 14.1. The van der Waals surface area contributed by atoms with Gasteiger partial charge in [-0.3, -0.25) is 9.89 Å². The van der Waals surface area contributed by atoms with E-state index in [9.17, 15) is 23.1 Å². The van der Waals surface area contributed by atoms with Crippen molar-refractivity contribution in [3.63, 3.8) is 0 Å². The molecule has 0 bridgehead atoms. The topological polar surface area (TPSA) is 83.3 Å². The maximum atomic E-state index is 13.7. The summed E-state index contributed by atoms with van der Waals surface area (Å²) < 4.78 is 42.5. The molecule has 0 fully saturated rings. The summed E-state index contributed by atoms with van der Waals surface area (Å²) in [5, 5.41) is 12.3. The lowest BCUT2D eigenvalue weighted by Crippen LogP contribution is -2.20. The standard InChI is InChI=1S/C19H12ClF3N4O2S/c1-9(24-12-8-10(20)6-7-13(12)28)15-16(19(21,22)23)26-27(17(15)29)18-25-11-4-2-3-5-14(11)30-18/h2-8,26,28H,1H3. The highest BCUT2D eigenvalue weighted by atomic mass is 35.5. The zero-order valence-electron chi connectivity index (χ0n) is 15.2. The molecule has 154 valence electrons. The van der Waals surface area contributed by atoms with Crippen molar-refractivity contribution < 1.29 is 18.3 Å². The minimum Gasteiger partial charge on any atom is -0.506 e. The molecule has 0 radical (unpaired) electrons. The molecule has 0 aliphatic rings. The van der Waals surface area contributed by atoms with Gasteiger partial charge in [0.25, 0.3) is 5.56 Å². The van der Waals surface area contributed by atoms with Crippen LogP contribution >= 0.6 is 22.9 Å². The Labute approximate surface area is 175 Å². The van der Waals surface area contributed by atoms with Crippen LogP contribution < -0.4 is 5.56 Å². The zero-order valence-corrected chi connectivity index (χ0v) is 16.7. The highest BCUT2D eigenvalue weighted by Gasteiger charge is 2.39. The Morgan fingerprint density at radius 2 is 2.00 bits per heavy atom. The van der Waals surface area contributed by atoms with Crippen molar-refractivity contribution in [2.75, 3.05) is 0 Å². The number of aromatic amines is 1. The van der Waals surface area contributed by atoms with Crippen molar-refractivity contribution >= 4 is 44.6 Å². The molecule has 2 aromatic heterocycles. The van der Waals surface area contributed by atoms with Crippen molar-refractivity contribution in [2.24, 2.45) is 4.99 Å². The van der Waals surface area contributed by atoms with E-state index in [1.807, 2.05) is 0 Å². The Morgan fingerprint density at radius 1 is 1.27 bits per heavy atom. The van der Waals surface area contributed by atoms with Crippen LogP contribution in [0, 0.1) is 0 Å². The molecule has 0 unspecified atom stereocenters. The number of fused-ring (bicyclic) bond motifs is 1. The summed E-state index contributed by atoms with van der Waals surface area (Å²) in [7, 11) is 0. The number of H-pyrrole nitrogens is 1. The van der Waals surface area contributed by atoms with Gasteiger partial charge in [-0.2, -0.15) is 17.9 Å². The highest BCUT2D eigenvalue weighted by molar-refractivity contribution is 7.20. The summed E-state index contributed by atoms with van der Waals surface area (Å²) in [5.74, 6) is -0.283. The first-order valence-electron chi connectivity index (χ1n) is 8.47. The van der Waals surface area contributed by atoms with Gasteiger partial charge in [0.1, 0.15) is 11.4 Å². The van der Waals surface area contributed by atoms with Gasteiger partial charge in [0.15, 0.2) is 5.69 Å². The van der Waals surface area contributed by atoms with E-state index in [2.05, 4.69) is 15.1 Å². The van der Waals surface area contributed by atoms with E-state index >= 15 is 0 Å². The minimum atomic E-state index is -4.84. The molecule has 2 heterocycles. The fourth-order valence-corrected chi connectivity index (χ4v) is 3.98. The highest BCUT2D eigenvalue weighted by Crippen LogP contribution is 2.33. The van der Waals surface area contributed by atoms with Gasteiger partial charge in [-0.05, 0) is 37.3 Å². The van der Waals surface area contributed by atoms with Crippen LogP contribution in [0.3, 0.4) is 0 Å². The molecular weight excluding hydrogens is 441 g/mol. The summed E-state index contributed by atoms with van der Waals surface area (Å²) in [4.78, 5) is 21.2. The molecule has 6 nitrogen and oxygen atoms in total. The number of halogens is 4. The number of hydrogen-bond donors (Lipinski definition) is 2. The molecule has 0 amide bonds. The molecule has 4 rings (SSSR count). The quantitative estimate of drug-likeness (QED) is 0.414. The Bertz CT molecular complexity index is 1320. The molecule has 2 aromatic carbocycles. The number of nitrogens with zero attached hydrogens (tertiary/aromatic N) is 3. The van der Waals surface area contributed by atoms with Crippen molar-refractivity contribution in [1.29, 1.82) is 0 Å². The summed E-state index contributed by atoms with van der Waals surface area (Å²) in [5.41, 5.74) is -2.61. The number of alkyl halides is 3. The molecule has 0 spiro atoms. The Balaban J connectivity index is 1.92. The molecule has 4 aromatic rings. The molecule has 0 saturated heterocycles. The van der Waals surface area contributed by atoms with Crippen LogP contribution in [0.5, 0.6) is 5.75 Å². The second kappa shape index (κ2) is 7.29. The number of hydrogen-bond acceptors (Lipinski definition) is 5. The van der Waals surface area contributed by atoms with E-state index in [4.69, 9.17) is 11.6 Å². The van der Waals surface area contributed by atoms with Crippen LogP contribution in [-0.4, -0.2) is 25.6 Å². The van der Waals surface area contributed by atoms with Crippen molar-refractivity contribution in [1.82, 2.24) is 14.8 Å². The summed E-state index contributed by atoms with van der Waals surface area (Å²) >= 11 is 6.94. The molecule has 0 atom stereocenters. The van der Waals surface area contributed by atoms with Crippen LogP contribution in [0.25, 0.3) is 15.3 Å². The second-order valence-corrected chi connectivity index (χ2v) is 7.74. The van der Waals surface area contributed by atoms with Crippen LogP contribution in [0.1, 0.15) is 18.2 Å². The normalized spacial score (nSPS) is 12.6. The monoisotopic (exact) mass is 452 g/mol. The van der Waals surface area contributed by atoms with Gasteiger partial charge in [-0.1, -0.05) is 35.1 Å². The summed E-state index contributed by atoms with van der Waals surface area (Å²) in [6.07, 6.45) is -4.84. The third-order valence-electron chi connectivity index (χ3n) is 4.24. The molecule has 11 heteroatoms. The fourth-order valence-electron chi connectivity index (χ4n) is 2.89. The van der Waals surface area contributed by atoms with Crippen LogP contribution in [0.4, 0.5) is 18.9 Å². The molecule has 0 aliphatic carbocycles. The number of aromatic hydroxyl groups is 1. The molecule has 0 aliphatic heterocycles. The van der Waals surface area contributed by atoms with Crippen molar-refractivity contribution in [3.05, 3.63) is 69.1 Å². The average molecular weight is 453 g/mol. The number of aliphatic imine (C=N–C) groups is 1. The van der Waals surface area contributed by atoms with E-state index in [1.54, 1.807) is 24.3 Å². The SMILES string of the molecule is CC(=Nc1cc(Cl)ccc1O)c1c(C(F)(F)F)[nH]n(-c2nc3ccccc3s2)c1=O. The number of para-hydroxylation sites is 1. The lowest BCUT2D eigenvalue weighted by Gasteiger charge is -2.07. The van der Waals surface area contributed by atoms with Gasteiger partial charge < -0.3 is 5.11 Å². The maximum absolute atomic E-state index is 13.7. The Hall–Kier alpha value is -3.11. The first kappa shape index (κ1) is 20.2. The smallest absolute Gasteiger partial charge is 0.433 e. The number of thiazole rings is 1. The molecule has 30 heavy (non-hydrogen) atoms. The van der Waals surface area contributed by atoms with E-state index in [1.165, 1.54) is 25.1 Å². The molecule has 0 saturated carbocycles. The molecular formula is C19H12ClF3N4O2S. The third kappa shape index (κ3) is 3.59. The van der Waals surface area contributed by atoms with Gasteiger partial charge >= 0.3 is 6.18 Å². The van der Waals surface area contributed by atoms with Crippen molar-refractivity contribution in [3.8, 4) is 10.9 Å². The molecule has 2 N–H and O–H groups in total. The van der Waals surface area contributed by atoms with Gasteiger partial charge in [0.2, 0.25) is 5.13 Å². The second-order valence-electron chi connectivity index (χ2n) is 6.29. The first-order valence-corrected chi connectivity index (χ1v) is 9.67. The third-order valence-corrected chi connectivity index (χ3v) is 5.49. The lowest BCUT2D eigenvalue weighted by atomic mass is 10.1. The minimum absolute atomic E-state index is 0.0553. The van der Waals surface area contributed by atoms with Crippen LogP contribution in [-0.2, 0) is 6.18 Å². The number of nitrogens with one attached hydrogen (secondary N) is 1. The van der Waals surface area contributed by atoms with Gasteiger partial charge in [0, 0.05) is 5.02 Å². The fraction of sp³-hybridized carbons (Fsp3) is 0.105. The van der Waals surface area contributed by atoms with E-state index in [0.717, 1.165) is 20.7 Å². The number of phenolic OH excluding ortho intramolecular Hbond substituents is 1. The Morgan fingerprint density at radius 3 is 2.70 bits per heavy atom. The zero-order chi connectivity index (χ0) is 21.6. The van der Waals surface area contributed by atoms with Crippen molar-refractivity contribution in [2.45, 2.75) is 13.1 Å². The number of benzene rings is 2. The maximum Gasteiger partial charge on any atom is 0.433 e. The summed E-state index contributed by atoms with van der Waals surface area (Å²) in [6.45, 7) is 1.25. The van der Waals surface area contributed by atoms with Gasteiger partial charge in [-0.25, -0.2) is 9.98 Å². The predicted octanol–water partition coefficient (Wildman–Crippen LogP) is 5.29. The predicted molar refractivity (Wildman–Crippen MR) is 110 cm³/mol. The number of rotatable bonds is 3. The van der Waals surface area contributed by atoms with E-state index in [0.29, 0.717) is 5.52 Å². The van der Waals surface area contributed by atoms with Crippen LogP contribution in [0.15, 0.2) is 52.3 Å². The van der Waals surface area contributed by atoms with Gasteiger partial charge in [-0.15, -0.1) is 0 Å². The van der Waals surface area contributed by atoms with E-state index in [-0.39, 0.29) is 27.3 Å². The number of aromatic nitrogens is 3. The largest absolute Gasteiger partial charge is 0.506 e.